The molecule has 0 bridgehead atoms. The topological polar surface area (TPSA) is 109 Å². The Hall–Kier alpha value is -2.81. The van der Waals surface area contributed by atoms with E-state index in [1.54, 1.807) is 12.1 Å². The molecule has 3 rings (SSSR count). The number of carbonyl (C=O) groups is 2. The molecule has 8 nitrogen and oxygen atoms in total. The van der Waals surface area contributed by atoms with Crippen LogP contribution in [0.5, 0.6) is 0 Å². The largest absolute Gasteiger partial charge is 0.472 e. The Bertz CT molecular complexity index is 924. The minimum atomic E-state index is -3.53. The highest BCUT2D eigenvalue weighted by atomic mass is 32.2. The Balaban J connectivity index is 1.50. The minimum absolute atomic E-state index is 0.0360. The highest BCUT2D eigenvalue weighted by Gasteiger charge is 2.29. The first-order chi connectivity index (χ1) is 12.9. The number of hydrogen-bond acceptors (Lipinski definition) is 5. The standard InChI is InChI=1S/C18H21N3O5S/c1-13(20-18(23)15-7-10-26-12-15)17(22)19-8-11-27(24,25)21-9-6-14-4-2-3-5-16(14)21/h2-5,7,10,12-13H,6,8-9,11H2,1H3,(H,19,22)(H,20,23)/t13-/m1/s1. The first-order valence-electron chi connectivity index (χ1n) is 8.57. The summed E-state index contributed by atoms with van der Waals surface area (Å²) in [6.07, 6.45) is 3.32. The number of anilines is 1. The maximum atomic E-state index is 12.6. The molecule has 0 radical (unpaired) electrons. The molecular weight excluding hydrogens is 370 g/mol. The molecule has 9 heteroatoms. The van der Waals surface area contributed by atoms with Crippen LogP contribution in [0.2, 0.25) is 0 Å². The van der Waals surface area contributed by atoms with E-state index in [9.17, 15) is 18.0 Å². The molecular formula is C18H21N3O5S. The van der Waals surface area contributed by atoms with Crippen molar-refractivity contribution >= 4 is 27.5 Å². The zero-order valence-electron chi connectivity index (χ0n) is 14.8. The molecule has 2 N–H and O–H groups in total. The normalized spacial score (nSPS) is 14.5. The molecule has 0 aliphatic carbocycles. The summed E-state index contributed by atoms with van der Waals surface area (Å²) in [5.74, 6) is -1.10. The van der Waals surface area contributed by atoms with E-state index in [2.05, 4.69) is 10.6 Å². The van der Waals surface area contributed by atoms with Gasteiger partial charge >= 0.3 is 0 Å². The maximum Gasteiger partial charge on any atom is 0.255 e. The number of rotatable bonds is 7. The lowest BCUT2D eigenvalue weighted by atomic mass is 10.2. The molecule has 0 saturated heterocycles. The van der Waals surface area contributed by atoms with Crippen molar-refractivity contribution in [3.63, 3.8) is 0 Å². The van der Waals surface area contributed by atoms with Crippen molar-refractivity contribution in [2.75, 3.05) is 23.1 Å². The first-order valence-corrected chi connectivity index (χ1v) is 10.2. The molecule has 1 aliphatic heterocycles. The molecule has 1 aromatic heterocycles. The second-order valence-corrected chi connectivity index (χ2v) is 8.28. The number of nitrogens with zero attached hydrogens (tertiary/aromatic N) is 1. The van der Waals surface area contributed by atoms with E-state index < -0.39 is 27.9 Å². The molecule has 2 amide bonds. The van der Waals surface area contributed by atoms with Crippen LogP contribution in [0.15, 0.2) is 47.3 Å². The van der Waals surface area contributed by atoms with Gasteiger partial charge in [0.05, 0.1) is 23.3 Å². The quantitative estimate of drug-likeness (QED) is 0.729. The summed E-state index contributed by atoms with van der Waals surface area (Å²) < 4.78 is 31.4. The van der Waals surface area contributed by atoms with Gasteiger partial charge in [-0.05, 0) is 31.0 Å². The number of furan rings is 1. The van der Waals surface area contributed by atoms with Crippen molar-refractivity contribution in [2.45, 2.75) is 19.4 Å². The fourth-order valence-corrected chi connectivity index (χ4v) is 4.33. The van der Waals surface area contributed by atoms with E-state index in [1.165, 1.54) is 29.8 Å². The van der Waals surface area contributed by atoms with E-state index in [0.29, 0.717) is 24.2 Å². The zero-order valence-corrected chi connectivity index (χ0v) is 15.7. The Morgan fingerprint density at radius 1 is 1.26 bits per heavy atom. The molecule has 0 unspecified atom stereocenters. The van der Waals surface area contributed by atoms with Gasteiger partial charge in [-0.3, -0.25) is 13.9 Å². The lowest BCUT2D eigenvalue weighted by Crippen LogP contribution is -2.46. The van der Waals surface area contributed by atoms with Gasteiger partial charge in [0.15, 0.2) is 0 Å². The van der Waals surface area contributed by atoms with E-state index in [-0.39, 0.29) is 12.3 Å². The predicted octanol–water partition coefficient (Wildman–Crippen LogP) is 0.907. The molecule has 2 aromatic rings. The van der Waals surface area contributed by atoms with Gasteiger partial charge < -0.3 is 15.1 Å². The van der Waals surface area contributed by atoms with E-state index in [1.807, 2.05) is 12.1 Å². The highest BCUT2D eigenvalue weighted by molar-refractivity contribution is 7.92. The second-order valence-electron chi connectivity index (χ2n) is 6.27. The summed E-state index contributed by atoms with van der Waals surface area (Å²) in [5, 5.41) is 5.08. The molecule has 1 atom stereocenters. The average molecular weight is 391 g/mol. The van der Waals surface area contributed by atoms with Crippen molar-refractivity contribution in [1.82, 2.24) is 10.6 Å². The van der Waals surface area contributed by atoms with Crippen LogP contribution in [0.4, 0.5) is 5.69 Å². The van der Waals surface area contributed by atoms with Gasteiger partial charge in [-0.15, -0.1) is 0 Å². The second kappa shape index (κ2) is 7.83. The number of fused-ring (bicyclic) bond motifs is 1. The summed E-state index contributed by atoms with van der Waals surface area (Å²) in [6.45, 7) is 1.90. The van der Waals surface area contributed by atoms with Crippen molar-refractivity contribution in [1.29, 1.82) is 0 Å². The monoisotopic (exact) mass is 391 g/mol. The van der Waals surface area contributed by atoms with Gasteiger partial charge in [-0.2, -0.15) is 0 Å². The summed E-state index contributed by atoms with van der Waals surface area (Å²) in [7, 11) is -3.53. The fraction of sp³-hybridized carbons (Fsp3) is 0.333. The number of carbonyl (C=O) groups excluding carboxylic acids is 2. The van der Waals surface area contributed by atoms with E-state index >= 15 is 0 Å². The van der Waals surface area contributed by atoms with Gasteiger partial charge in [-0.1, -0.05) is 18.2 Å². The number of sulfonamides is 1. The van der Waals surface area contributed by atoms with Crippen LogP contribution >= 0.6 is 0 Å². The van der Waals surface area contributed by atoms with Crippen LogP contribution < -0.4 is 14.9 Å². The van der Waals surface area contributed by atoms with Gasteiger partial charge in [0.1, 0.15) is 12.3 Å². The summed E-state index contributed by atoms with van der Waals surface area (Å²) >= 11 is 0. The van der Waals surface area contributed by atoms with Crippen LogP contribution in [-0.2, 0) is 21.2 Å². The SMILES string of the molecule is C[C@@H](NC(=O)c1ccoc1)C(=O)NCCS(=O)(=O)N1CCc2ccccc21. The lowest BCUT2D eigenvalue weighted by molar-refractivity contribution is -0.122. The van der Waals surface area contributed by atoms with Crippen LogP contribution in [0.1, 0.15) is 22.8 Å². The molecule has 144 valence electrons. The van der Waals surface area contributed by atoms with Gasteiger partial charge in [0.25, 0.3) is 5.91 Å². The van der Waals surface area contributed by atoms with Gasteiger partial charge in [0.2, 0.25) is 15.9 Å². The third kappa shape index (κ3) is 4.30. The molecule has 27 heavy (non-hydrogen) atoms. The predicted molar refractivity (Wildman–Crippen MR) is 99.9 cm³/mol. The third-order valence-corrected chi connectivity index (χ3v) is 6.13. The van der Waals surface area contributed by atoms with Crippen molar-refractivity contribution < 1.29 is 22.4 Å². The van der Waals surface area contributed by atoms with Crippen LogP contribution in [0.3, 0.4) is 0 Å². The number of nitrogens with one attached hydrogen (secondary N) is 2. The summed E-state index contributed by atoms with van der Waals surface area (Å²) in [6, 6.07) is 8.07. The third-order valence-electron chi connectivity index (χ3n) is 4.36. The number of amides is 2. The molecule has 0 saturated carbocycles. The Morgan fingerprint density at radius 2 is 2.04 bits per heavy atom. The van der Waals surface area contributed by atoms with Crippen molar-refractivity contribution in [3.8, 4) is 0 Å². The Labute approximate surface area is 157 Å². The molecule has 1 aliphatic rings. The minimum Gasteiger partial charge on any atom is -0.472 e. The van der Waals surface area contributed by atoms with Crippen molar-refractivity contribution in [2.24, 2.45) is 0 Å². The molecule has 2 heterocycles. The maximum absolute atomic E-state index is 12.6. The van der Waals surface area contributed by atoms with Crippen LogP contribution in [0.25, 0.3) is 0 Å². The van der Waals surface area contributed by atoms with Gasteiger partial charge in [0, 0.05) is 13.1 Å². The van der Waals surface area contributed by atoms with E-state index in [0.717, 1.165) is 5.56 Å². The molecule has 1 aromatic carbocycles. The lowest BCUT2D eigenvalue weighted by Gasteiger charge is -2.20. The Morgan fingerprint density at radius 3 is 2.78 bits per heavy atom. The summed E-state index contributed by atoms with van der Waals surface area (Å²) in [4.78, 5) is 24.0. The molecule has 0 fully saturated rings. The average Bonchev–Trinajstić information content (AvgIpc) is 3.31. The van der Waals surface area contributed by atoms with E-state index in [4.69, 9.17) is 4.42 Å². The van der Waals surface area contributed by atoms with Crippen LogP contribution in [0, 0.1) is 0 Å². The first kappa shape index (κ1) is 19.0. The highest BCUT2D eigenvalue weighted by Crippen LogP contribution is 2.29. The number of para-hydroxylation sites is 1. The number of hydrogen-bond donors (Lipinski definition) is 2. The fourth-order valence-electron chi connectivity index (χ4n) is 2.90. The number of benzene rings is 1. The van der Waals surface area contributed by atoms with Crippen LogP contribution in [-0.4, -0.2) is 45.1 Å². The molecule has 0 spiro atoms. The Kier molecular flexibility index (Phi) is 5.50. The van der Waals surface area contributed by atoms with Gasteiger partial charge in [-0.25, -0.2) is 8.42 Å². The van der Waals surface area contributed by atoms with Crippen molar-refractivity contribution in [3.05, 3.63) is 54.0 Å². The summed E-state index contributed by atoms with van der Waals surface area (Å²) in [5.41, 5.74) is 2.01. The zero-order chi connectivity index (χ0) is 19.4. The smallest absolute Gasteiger partial charge is 0.255 e.